The monoisotopic (exact) mass is 157 g/mol. The van der Waals surface area contributed by atoms with Crippen LogP contribution in [0.2, 0.25) is 0 Å². The Morgan fingerprint density at radius 1 is 1.60 bits per heavy atom. The summed E-state index contributed by atoms with van der Waals surface area (Å²) in [5.74, 6) is -4.98. The number of esters is 1. The van der Waals surface area contributed by atoms with Crippen molar-refractivity contribution in [1.29, 1.82) is 0 Å². The molecule has 6 heteroatoms. The molecule has 1 atom stereocenters. The van der Waals surface area contributed by atoms with Gasteiger partial charge >= 0.3 is 11.8 Å². The van der Waals surface area contributed by atoms with Crippen molar-refractivity contribution >= 4 is 5.97 Å². The van der Waals surface area contributed by atoms with Crippen LogP contribution in [-0.4, -0.2) is 24.2 Å². The Kier molecular flexibility index (Phi) is 2.65. The van der Waals surface area contributed by atoms with E-state index in [1.807, 2.05) is 0 Å². The summed E-state index contributed by atoms with van der Waals surface area (Å²) in [6, 6.07) is 0. The van der Waals surface area contributed by atoms with Gasteiger partial charge in [-0.1, -0.05) is 8.96 Å². The highest BCUT2D eigenvalue weighted by Crippen LogP contribution is 2.18. The molecule has 0 spiro atoms. The minimum atomic E-state index is -3.35. The average molecular weight is 157 g/mol. The molecule has 1 unspecified atom stereocenters. The first-order valence-electron chi connectivity index (χ1n) is 2.32. The number of carbonyl (C=O) groups excluding carboxylic acids is 1. The molecular formula is C4H6F3NO2. The molecule has 3 nitrogen and oxygen atoms in total. The lowest BCUT2D eigenvalue weighted by Gasteiger charge is -2.15. The fraction of sp³-hybridized carbons (Fsp3) is 0.750. The fourth-order valence-corrected chi connectivity index (χ4v) is 0.255. The normalized spacial score (nSPS) is 16.6. The van der Waals surface area contributed by atoms with Crippen LogP contribution in [-0.2, 0) is 9.53 Å². The number of methoxy groups -OCH3 is 1. The summed E-state index contributed by atoms with van der Waals surface area (Å²) in [5.41, 5.74) is 0. The highest BCUT2D eigenvalue weighted by Gasteiger charge is 2.43. The molecule has 10 heavy (non-hydrogen) atoms. The molecule has 0 aliphatic carbocycles. The Balaban J connectivity index is 4.24. The van der Waals surface area contributed by atoms with Crippen molar-refractivity contribution in [2.75, 3.05) is 7.11 Å². The molecule has 0 bridgehead atoms. The minimum Gasteiger partial charge on any atom is -0.465 e. The number of nitrogens with zero attached hydrogens (tertiary/aromatic N) is 1. The number of hydrogen-bond acceptors (Lipinski definition) is 3. The predicted octanol–water partition coefficient (Wildman–Crippen LogP) is 0.916. The molecule has 0 fully saturated rings. The molecule has 0 amide bonds. The zero-order valence-electron chi connectivity index (χ0n) is 5.40. The van der Waals surface area contributed by atoms with Gasteiger partial charge in [0, 0.05) is 0 Å². The zero-order chi connectivity index (χ0) is 8.36. The highest BCUT2D eigenvalue weighted by molar-refractivity contribution is 5.77. The summed E-state index contributed by atoms with van der Waals surface area (Å²) in [5, 5.41) is -1.85. The Morgan fingerprint density at radius 3 is 2.10 bits per heavy atom. The largest absolute Gasteiger partial charge is 0.465 e. The predicted molar refractivity (Wildman–Crippen MR) is 25.6 cm³/mol. The number of hydrogen-bond donors (Lipinski definition) is 0. The minimum absolute atomic E-state index is 0.402. The van der Waals surface area contributed by atoms with Gasteiger partial charge in [0.25, 0.3) is 0 Å². The SMILES string of the molecule is COC(=O)C(C)(F)N(F)F. The van der Waals surface area contributed by atoms with E-state index in [-0.39, 0.29) is 0 Å². The average Bonchev–Trinajstić information content (AvgIpc) is 1.86. The van der Waals surface area contributed by atoms with E-state index in [1.165, 1.54) is 0 Å². The second kappa shape index (κ2) is 2.87. The first-order valence-corrected chi connectivity index (χ1v) is 2.32. The summed E-state index contributed by atoms with van der Waals surface area (Å²) in [4.78, 5) is 10.2. The van der Waals surface area contributed by atoms with Crippen LogP contribution in [0, 0.1) is 0 Å². The lowest BCUT2D eigenvalue weighted by molar-refractivity contribution is -0.271. The van der Waals surface area contributed by atoms with Crippen molar-refractivity contribution in [3.63, 3.8) is 0 Å². The van der Waals surface area contributed by atoms with Crippen LogP contribution in [0.3, 0.4) is 0 Å². The molecule has 0 aliphatic rings. The second-order valence-corrected chi connectivity index (χ2v) is 1.68. The van der Waals surface area contributed by atoms with Gasteiger partial charge in [-0.2, -0.15) is 0 Å². The van der Waals surface area contributed by atoms with E-state index in [2.05, 4.69) is 4.74 Å². The zero-order valence-corrected chi connectivity index (χ0v) is 5.40. The van der Waals surface area contributed by atoms with Gasteiger partial charge in [-0.25, -0.2) is 9.18 Å². The van der Waals surface area contributed by atoms with Crippen LogP contribution in [0.4, 0.5) is 13.4 Å². The third-order valence-electron chi connectivity index (χ3n) is 0.875. The molecule has 0 aromatic heterocycles. The van der Waals surface area contributed by atoms with Crippen molar-refractivity contribution in [1.82, 2.24) is 5.34 Å². The van der Waals surface area contributed by atoms with Crippen molar-refractivity contribution in [2.24, 2.45) is 0 Å². The van der Waals surface area contributed by atoms with Crippen LogP contribution in [0.25, 0.3) is 0 Å². The van der Waals surface area contributed by atoms with E-state index in [1.54, 1.807) is 0 Å². The summed E-state index contributed by atoms with van der Waals surface area (Å²) in [6.45, 7) is 0.402. The van der Waals surface area contributed by atoms with E-state index in [0.29, 0.717) is 6.92 Å². The lowest BCUT2D eigenvalue weighted by Crippen LogP contribution is -2.40. The highest BCUT2D eigenvalue weighted by atomic mass is 19.4. The smallest absolute Gasteiger partial charge is 0.364 e. The van der Waals surface area contributed by atoms with E-state index in [4.69, 9.17) is 0 Å². The molecule has 0 heterocycles. The second-order valence-electron chi connectivity index (χ2n) is 1.68. The summed E-state index contributed by atoms with van der Waals surface area (Å²) in [6.07, 6.45) is 0. The maximum Gasteiger partial charge on any atom is 0.364 e. The van der Waals surface area contributed by atoms with Gasteiger partial charge in [-0.3, -0.25) is 0 Å². The van der Waals surface area contributed by atoms with E-state index in [0.717, 1.165) is 7.11 Å². The molecular weight excluding hydrogens is 151 g/mol. The standard InChI is InChI=1S/C4H6F3NO2/c1-4(5,8(6)7)3(9)10-2/h1-2H3. The van der Waals surface area contributed by atoms with Crippen LogP contribution < -0.4 is 0 Å². The first-order chi connectivity index (χ1) is 4.42. The van der Waals surface area contributed by atoms with E-state index >= 15 is 0 Å². The molecule has 0 N–H and O–H groups in total. The topological polar surface area (TPSA) is 29.5 Å². The van der Waals surface area contributed by atoms with Gasteiger partial charge in [-0.05, 0) is 6.92 Å². The molecule has 0 aliphatic heterocycles. The number of alkyl halides is 1. The Morgan fingerprint density at radius 2 is 2.00 bits per heavy atom. The number of halogens is 3. The fourth-order valence-electron chi connectivity index (χ4n) is 0.255. The quantitative estimate of drug-likeness (QED) is 0.339. The summed E-state index contributed by atoms with van der Waals surface area (Å²) < 4.78 is 38.9. The van der Waals surface area contributed by atoms with Gasteiger partial charge in [0.2, 0.25) is 0 Å². The number of rotatable bonds is 2. The molecule has 0 aromatic carbocycles. The Labute approximate surface area is 55.2 Å². The summed E-state index contributed by atoms with van der Waals surface area (Å²) in [7, 11) is 0.823. The molecule has 0 radical (unpaired) electrons. The first kappa shape index (κ1) is 9.22. The maximum atomic E-state index is 12.3. The van der Waals surface area contributed by atoms with Crippen LogP contribution in [0.15, 0.2) is 0 Å². The summed E-state index contributed by atoms with van der Waals surface area (Å²) >= 11 is 0. The van der Waals surface area contributed by atoms with Crippen LogP contribution in [0.1, 0.15) is 6.92 Å². The lowest BCUT2D eigenvalue weighted by atomic mass is 10.3. The maximum absolute atomic E-state index is 12.3. The molecule has 0 saturated carbocycles. The Hall–Kier alpha value is -0.780. The van der Waals surface area contributed by atoms with Crippen LogP contribution >= 0.6 is 0 Å². The van der Waals surface area contributed by atoms with E-state index < -0.39 is 17.1 Å². The molecule has 0 saturated heterocycles. The number of carbonyl (C=O) groups is 1. The van der Waals surface area contributed by atoms with E-state index in [9.17, 15) is 18.1 Å². The molecule has 0 rings (SSSR count). The van der Waals surface area contributed by atoms with Gasteiger partial charge in [0.05, 0.1) is 12.5 Å². The van der Waals surface area contributed by atoms with Crippen LogP contribution in [0.5, 0.6) is 0 Å². The van der Waals surface area contributed by atoms with Gasteiger partial charge in [0.15, 0.2) is 0 Å². The molecule has 0 aromatic rings. The van der Waals surface area contributed by atoms with Gasteiger partial charge < -0.3 is 4.74 Å². The van der Waals surface area contributed by atoms with Crippen molar-refractivity contribution in [3.05, 3.63) is 0 Å². The Bertz CT molecular complexity index is 136. The van der Waals surface area contributed by atoms with Crippen molar-refractivity contribution in [2.45, 2.75) is 12.7 Å². The number of ether oxygens (including phenoxy) is 1. The van der Waals surface area contributed by atoms with Crippen molar-refractivity contribution < 1.29 is 22.9 Å². The third kappa shape index (κ3) is 1.60. The van der Waals surface area contributed by atoms with Gasteiger partial charge in [-0.15, -0.1) is 0 Å². The third-order valence-corrected chi connectivity index (χ3v) is 0.875. The molecule has 60 valence electrons. The van der Waals surface area contributed by atoms with Crippen molar-refractivity contribution in [3.8, 4) is 0 Å². The van der Waals surface area contributed by atoms with Gasteiger partial charge in [0.1, 0.15) is 0 Å².